The van der Waals surface area contributed by atoms with Crippen molar-refractivity contribution in [3.05, 3.63) is 0 Å². The average molecular weight is 296 g/mol. The summed E-state index contributed by atoms with van der Waals surface area (Å²) in [6, 6.07) is 0. The molecule has 0 N–H and O–H groups in total. The molecule has 0 aromatic heterocycles. The maximum Gasteiger partial charge on any atom is 0.248 e. The smallest absolute Gasteiger partial charge is 0.248 e. The molecule has 0 amide bonds. The quantitative estimate of drug-likeness (QED) is 0.451. The Bertz CT molecular complexity index is 128. The fourth-order valence-electron chi connectivity index (χ4n) is 1.04. The molecule has 2 nitrogen and oxygen atoms in total. The molecule has 6 heteroatoms. The zero-order valence-electron chi connectivity index (χ0n) is 5.56. The molecule has 0 atom stereocenters. The first-order chi connectivity index (χ1) is 5.14. The summed E-state index contributed by atoms with van der Waals surface area (Å²) in [4.78, 5) is 0. The second-order valence-electron chi connectivity index (χ2n) is 2.55. The van der Waals surface area contributed by atoms with Crippen molar-refractivity contribution in [3.8, 4) is 0 Å². The van der Waals surface area contributed by atoms with E-state index in [0.717, 1.165) is 12.3 Å². The van der Waals surface area contributed by atoms with Gasteiger partial charge in [-0.1, -0.05) is 0 Å². The van der Waals surface area contributed by atoms with E-state index >= 15 is 0 Å². The molecule has 0 aliphatic heterocycles. The highest BCUT2D eigenvalue weighted by Gasteiger charge is 2.45. The van der Waals surface area contributed by atoms with Gasteiger partial charge in [0.15, 0.2) is 12.3 Å². The lowest BCUT2D eigenvalue weighted by Gasteiger charge is -2.33. The van der Waals surface area contributed by atoms with E-state index < -0.39 is 5.92 Å². The van der Waals surface area contributed by atoms with Crippen molar-refractivity contribution >= 4 is 35.3 Å². The van der Waals surface area contributed by atoms with Gasteiger partial charge in [0.25, 0.3) is 0 Å². The van der Waals surface area contributed by atoms with Gasteiger partial charge in [0.05, 0.1) is 6.61 Å². The van der Waals surface area contributed by atoms with E-state index in [4.69, 9.17) is 4.18 Å². The maximum absolute atomic E-state index is 12.2. The highest BCUT2D eigenvalue weighted by molar-refractivity contribution is 14.1. The number of halogens is 3. The Labute approximate surface area is 82.1 Å². The first-order valence-corrected chi connectivity index (χ1v) is 4.63. The molecular formula is C5H7F2IO2S. The first kappa shape index (κ1) is 9.94. The van der Waals surface area contributed by atoms with Crippen LogP contribution in [0.1, 0.15) is 12.8 Å². The van der Waals surface area contributed by atoms with Gasteiger partial charge in [0.1, 0.15) is 23.0 Å². The Kier molecular flexibility index (Phi) is 3.79. The predicted molar refractivity (Wildman–Crippen MR) is 46.3 cm³/mol. The SMILES string of the molecule is FC1(F)CC(COSOI)C1. The Morgan fingerprint density at radius 2 is 2.18 bits per heavy atom. The van der Waals surface area contributed by atoms with Crippen molar-refractivity contribution in [2.75, 3.05) is 6.61 Å². The molecule has 1 saturated carbocycles. The summed E-state index contributed by atoms with van der Waals surface area (Å²) in [5.41, 5.74) is 0. The van der Waals surface area contributed by atoms with Crippen molar-refractivity contribution in [1.29, 1.82) is 0 Å². The Morgan fingerprint density at radius 1 is 1.55 bits per heavy atom. The monoisotopic (exact) mass is 296 g/mol. The molecule has 0 aromatic rings. The summed E-state index contributed by atoms with van der Waals surface area (Å²) < 4.78 is 33.7. The van der Waals surface area contributed by atoms with E-state index in [9.17, 15) is 8.78 Å². The molecule has 66 valence electrons. The van der Waals surface area contributed by atoms with Crippen LogP contribution in [0, 0.1) is 5.92 Å². The van der Waals surface area contributed by atoms with Crippen LogP contribution in [0.25, 0.3) is 0 Å². The van der Waals surface area contributed by atoms with Crippen LogP contribution in [0.5, 0.6) is 0 Å². The summed E-state index contributed by atoms with van der Waals surface area (Å²) in [5.74, 6) is -2.44. The topological polar surface area (TPSA) is 18.5 Å². The van der Waals surface area contributed by atoms with Gasteiger partial charge in [-0.05, 0) is 5.92 Å². The van der Waals surface area contributed by atoms with Gasteiger partial charge >= 0.3 is 0 Å². The molecule has 1 aliphatic carbocycles. The zero-order valence-corrected chi connectivity index (χ0v) is 8.53. The highest BCUT2D eigenvalue weighted by Crippen LogP contribution is 2.42. The lowest BCUT2D eigenvalue weighted by atomic mass is 9.82. The van der Waals surface area contributed by atoms with Gasteiger partial charge in [0, 0.05) is 12.8 Å². The average Bonchev–Trinajstić information content (AvgIpc) is 1.84. The van der Waals surface area contributed by atoms with Gasteiger partial charge < -0.3 is 0 Å². The molecule has 1 rings (SSSR count). The summed E-state index contributed by atoms with van der Waals surface area (Å²) in [7, 11) is 0. The van der Waals surface area contributed by atoms with Gasteiger partial charge in [-0.3, -0.25) is 4.18 Å². The van der Waals surface area contributed by atoms with E-state index in [0.29, 0.717) is 6.61 Å². The molecule has 0 heterocycles. The Balaban J connectivity index is 1.96. The van der Waals surface area contributed by atoms with Gasteiger partial charge in [0.2, 0.25) is 5.92 Å². The second kappa shape index (κ2) is 4.20. The van der Waals surface area contributed by atoms with Crippen LogP contribution >= 0.6 is 35.3 Å². The van der Waals surface area contributed by atoms with Crippen molar-refractivity contribution in [1.82, 2.24) is 0 Å². The summed E-state index contributed by atoms with van der Waals surface area (Å²) in [6.45, 7) is 0.350. The minimum Gasteiger partial charge on any atom is -0.291 e. The van der Waals surface area contributed by atoms with Crippen LogP contribution in [-0.2, 0) is 6.70 Å². The number of alkyl halides is 2. The number of hydrogen-bond donors (Lipinski definition) is 0. The largest absolute Gasteiger partial charge is 0.291 e. The van der Waals surface area contributed by atoms with E-state index in [2.05, 4.69) is 2.51 Å². The van der Waals surface area contributed by atoms with Gasteiger partial charge in [-0.15, -0.1) is 0 Å². The third-order valence-corrected chi connectivity index (χ3v) is 2.28. The minimum atomic E-state index is -2.44. The number of hydrogen-bond acceptors (Lipinski definition) is 3. The minimum absolute atomic E-state index is 0.00375. The molecule has 1 aliphatic rings. The van der Waals surface area contributed by atoms with E-state index in [1.165, 1.54) is 0 Å². The standard InChI is InChI=1S/C5H7F2IO2S/c6-5(7)1-4(2-5)3-9-11-10-8/h4H,1-3H2. The van der Waals surface area contributed by atoms with Crippen molar-refractivity contribution < 1.29 is 15.5 Å². The third-order valence-electron chi connectivity index (χ3n) is 1.55. The molecule has 1 fully saturated rings. The van der Waals surface area contributed by atoms with Crippen molar-refractivity contribution in [3.63, 3.8) is 0 Å². The molecule has 0 saturated heterocycles. The maximum atomic E-state index is 12.2. The first-order valence-electron chi connectivity index (χ1n) is 3.09. The van der Waals surface area contributed by atoms with Crippen molar-refractivity contribution in [2.24, 2.45) is 5.92 Å². The molecule has 0 radical (unpaired) electrons. The van der Waals surface area contributed by atoms with Crippen LogP contribution in [0.15, 0.2) is 0 Å². The lowest BCUT2D eigenvalue weighted by Crippen LogP contribution is -2.37. The summed E-state index contributed by atoms with van der Waals surface area (Å²) in [5, 5.41) is 0. The molecular weight excluding hydrogens is 289 g/mol. The van der Waals surface area contributed by atoms with E-state index in [-0.39, 0.29) is 18.8 Å². The molecule has 0 bridgehead atoms. The molecule has 0 unspecified atom stereocenters. The van der Waals surface area contributed by atoms with Crippen LogP contribution in [-0.4, -0.2) is 12.5 Å². The molecule has 11 heavy (non-hydrogen) atoms. The second-order valence-corrected chi connectivity index (χ2v) is 4.12. The van der Waals surface area contributed by atoms with Crippen LogP contribution < -0.4 is 0 Å². The molecule has 0 aromatic carbocycles. The third kappa shape index (κ3) is 3.39. The zero-order chi connectivity index (χ0) is 8.32. The van der Waals surface area contributed by atoms with Crippen LogP contribution in [0.3, 0.4) is 0 Å². The van der Waals surface area contributed by atoms with E-state index in [1.807, 2.05) is 0 Å². The Hall–Kier alpha value is 0.860. The fourth-order valence-corrected chi connectivity index (χ4v) is 1.64. The van der Waals surface area contributed by atoms with Crippen LogP contribution in [0.2, 0.25) is 0 Å². The van der Waals surface area contributed by atoms with Crippen molar-refractivity contribution in [2.45, 2.75) is 18.8 Å². The lowest BCUT2D eigenvalue weighted by molar-refractivity contribution is -0.118. The highest BCUT2D eigenvalue weighted by atomic mass is 127. The normalized spacial score (nSPS) is 23.2. The Morgan fingerprint density at radius 3 is 2.64 bits per heavy atom. The summed E-state index contributed by atoms with van der Waals surface area (Å²) in [6.07, 6.45) is -0.0936. The fraction of sp³-hybridized carbons (Fsp3) is 1.00. The molecule has 0 spiro atoms. The summed E-state index contributed by atoms with van der Waals surface area (Å²) >= 11 is 2.49. The van der Waals surface area contributed by atoms with Gasteiger partial charge in [-0.2, -0.15) is 0 Å². The van der Waals surface area contributed by atoms with Crippen LogP contribution in [0.4, 0.5) is 8.78 Å². The van der Waals surface area contributed by atoms with E-state index in [1.54, 1.807) is 23.0 Å². The predicted octanol–water partition coefficient (Wildman–Crippen LogP) is 2.98. The van der Waals surface area contributed by atoms with Gasteiger partial charge in [-0.25, -0.2) is 11.3 Å². The number of rotatable bonds is 4.